The van der Waals surface area contributed by atoms with Gasteiger partial charge >= 0.3 is 0 Å². The highest BCUT2D eigenvalue weighted by atomic mass is 15.4. The minimum Gasteiger partial charge on any atom is -0.395 e. The van der Waals surface area contributed by atoms with Crippen LogP contribution in [0.5, 0.6) is 0 Å². The Bertz CT molecular complexity index is 634. The SMILES string of the molecule is Cc1cnn2[nH]c(-c3ccccc3)c(N)c12. The minimum absolute atomic E-state index is 0.751. The van der Waals surface area contributed by atoms with Gasteiger partial charge in [0.05, 0.1) is 17.6 Å². The first-order chi connectivity index (χ1) is 7.77. The molecule has 2 heterocycles. The Morgan fingerprint density at radius 2 is 2.00 bits per heavy atom. The van der Waals surface area contributed by atoms with Gasteiger partial charge < -0.3 is 5.73 Å². The molecule has 4 heteroatoms. The lowest BCUT2D eigenvalue weighted by Crippen LogP contribution is -1.87. The van der Waals surface area contributed by atoms with E-state index in [0.29, 0.717) is 0 Å². The zero-order valence-corrected chi connectivity index (χ0v) is 8.94. The van der Waals surface area contributed by atoms with Crippen LogP contribution in [0.1, 0.15) is 5.56 Å². The van der Waals surface area contributed by atoms with Crippen LogP contribution in [0.2, 0.25) is 0 Å². The molecule has 0 aliphatic carbocycles. The number of fused-ring (bicyclic) bond motifs is 1. The highest BCUT2D eigenvalue weighted by molar-refractivity contribution is 5.86. The zero-order chi connectivity index (χ0) is 11.1. The van der Waals surface area contributed by atoms with Gasteiger partial charge in [-0.3, -0.25) is 5.10 Å². The fraction of sp³-hybridized carbons (Fsp3) is 0.0833. The molecular formula is C12H12N4. The molecule has 3 rings (SSSR count). The van der Waals surface area contributed by atoms with Crippen molar-refractivity contribution in [3.8, 4) is 11.3 Å². The number of nitrogens with two attached hydrogens (primary N) is 1. The Morgan fingerprint density at radius 1 is 1.25 bits per heavy atom. The zero-order valence-electron chi connectivity index (χ0n) is 8.94. The fourth-order valence-electron chi connectivity index (χ4n) is 1.95. The van der Waals surface area contributed by atoms with Gasteiger partial charge in [0.1, 0.15) is 5.52 Å². The number of nitrogens with one attached hydrogen (secondary N) is 1. The Balaban J connectivity index is 2.29. The topological polar surface area (TPSA) is 59.1 Å². The molecule has 80 valence electrons. The average molecular weight is 212 g/mol. The lowest BCUT2D eigenvalue weighted by molar-refractivity contribution is 0.825. The summed E-state index contributed by atoms with van der Waals surface area (Å²) in [6, 6.07) is 10.0. The second-order valence-corrected chi connectivity index (χ2v) is 3.85. The molecular weight excluding hydrogens is 200 g/mol. The first-order valence-electron chi connectivity index (χ1n) is 5.14. The third kappa shape index (κ3) is 1.13. The van der Waals surface area contributed by atoms with Gasteiger partial charge in [0, 0.05) is 5.56 Å². The number of hydrogen-bond donors (Lipinski definition) is 2. The van der Waals surface area contributed by atoms with E-state index in [4.69, 9.17) is 5.73 Å². The molecule has 2 aromatic heterocycles. The molecule has 1 aromatic carbocycles. The van der Waals surface area contributed by atoms with Gasteiger partial charge in [-0.05, 0) is 12.5 Å². The van der Waals surface area contributed by atoms with Gasteiger partial charge in [-0.15, -0.1) is 0 Å². The van der Waals surface area contributed by atoms with Gasteiger partial charge in [-0.2, -0.15) is 9.73 Å². The molecule has 3 aromatic rings. The molecule has 0 bridgehead atoms. The highest BCUT2D eigenvalue weighted by Gasteiger charge is 2.12. The smallest absolute Gasteiger partial charge is 0.113 e. The molecule has 0 atom stereocenters. The van der Waals surface area contributed by atoms with Crippen LogP contribution < -0.4 is 5.73 Å². The number of aromatic amines is 1. The Hall–Kier alpha value is -2.23. The van der Waals surface area contributed by atoms with Crippen molar-refractivity contribution in [1.29, 1.82) is 0 Å². The molecule has 0 spiro atoms. The van der Waals surface area contributed by atoms with Crippen LogP contribution >= 0.6 is 0 Å². The van der Waals surface area contributed by atoms with Crippen molar-refractivity contribution < 1.29 is 0 Å². The summed E-state index contributed by atoms with van der Waals surface area (Å²) in [5.74, 6) is 0. The van der Waals surface area contributed by atoms with Crippen molar-refractivity contribution >= 4 is 11.2 Å². The van der Waals surface area contributed by atoms with Gasteiger partial charge in [0.2, 0.25) is 0 Å². The van der Waals surface area contributed by atoms with Crippen LogP contribution in [0.3, 0.4) is 0 Å². The number of aromatic nitrogens is 3. The highest BCUT2D eigenvalue weighted by Crippen LogP contribution is 2.29. The van der Waals surface area contributed by atoms with Crippen molar-refractivity contribution in [2.24, 2.45) is 0 Å². The normalized spacial score (nSPS) is 11.1. The number of benzene rings is 1. The first-order valence-corrected chi connectivity index (χ1v) is 5.14. The molecule has 0 aliphatic heterocycles. The Morgan fingerprint density at radius 3 is 2.69 bits per heavy atom. The third-order valence-electron chi connectivity index (χ3n) is 2.76. The molecule has 0 aliphatic rings. The van der Waals surface area contributed by atoms with E-state index in [1.54, 1.807) is 10.8 Å². The third-order valence-corrected chi connectivity index (χ3v) is 2.76. The first kappa shape index (κ1) is 9.03. The molecule has 0 fully saturated rings. The summed E-state index contributed by atoms with van der Waals surface area (Å²) < 4.78 is 1.72. The minimum atomic E-state index is 0.751. The second-order valence-electron chi connectivity index (χ2n) is 3.85. The van der Waals surface area contributed by atoms with Crippen LogP contribution in [-0.4, -0.2) is 14.8 Å². The van der Waals surface area contributed by atoms with Crippen molar-refractivity contribution in [3.63, 3.8) is 0 Å². The standard InChI is InChI=1S/C12H12N4/c1-8-7-14-16-12(8)10(13)11(15-16)9-5-3-2-4-6-9/h2-7,15H,13H2,1H3. The molecule has 0 unspecified atom stereocenters. The van der Waals surface area contributed by atoms with E-state index in [-0.39, 0.29) is 0 Å². The van der Waals surface area contributed by atoms with Gasteiger partial charge in [0.15, 0.2) is 0 Å². The van der Waals surface area contributed by atoms with E-state index in [9.17, 15) is 0 Å². The van der Waals surface area contributed by atoms with Crippen molar-refractivity contribution in [2.75, 3.05) is 5.73 Å². The van der Waals surface area contributed by atoms with Crippen LogP contribution in [-0.2, 0) is 0 Å². The number of rotatable bonds is 1. The maximum absolute atomic E-state index is 6.12. The van der Waals surface area contributed by atoms with E-state index in [1.165, 1.54) is 0 Å². The molecule has 0 radical (unpaired) electrons. The van der Waals surface area contributed by atoms with Gasteiger partial charge in [0.25, 0.3) is 0 Å². The molecule has 0 amide bonds. The Kier molecular flexibility index (Phi) is 1.77. The summed E-state index contributed by atoms with van der Waals surface area (Å²) in [6.45, 7) is 2.00. The predicted octanol–water partition coefficient (Wildman–Crippen LogP) is 2.22. The lowest BCUT2D eigenvalue weighted by atomic mass is 10.1. The Labute approximate surface area is 92.7 Å². The van der Waals surface area contributed by atoms with Crippen molar-refractivity contribution in [1.82, 2.24) is 14.8 Å². The summed E-state index contributed by atoms with van der Waals surface area (Å²) in [5.41, 5.74) is 10.9. The predicted molar refractivity (Wildman–Crippen MR) is 64.1 cm³/mol. The van der Waals surface area contributed by atoms with E-state index < -0.39 is 0 Å². The van der Waals surface area contributed by atoms with Gasteiger partial charge in [-0.25, -0.2) is 0 Å². The number of H-pyrrole nitrogens is 1. The lowest BCUT2D eigenvalue weighted by Gasteiger charge is -1.98. The summed E-state index contributed by atoms with van der Waals surface area (Å²) in [4.78, 5) is 0. The number of aryl methyl sites for hydroxylation is 1. The summed E-state index contributed by atoms with van der Waals surface area (Å²) >= 11 is 0. The largest absolute Gasteiger partial charge is 0.395 e. The average Bonchev–Trinajstić information content (AvgIpc) is 2.83. The van der Waals surface area contributed by atoms with Crippen molar-refractivity contribution in [3.05, 3.63) is 42.1 Å². The van der Waals surface area contributed by atoms with Crippen molar-refractivity contribution in [2.45, 2.75) is 6.92 Å². The quantitative estimate of drug-likeness (QED) is 0.649. The monoisotopic (exact) mass is 212 g/mol. The van der Waals surface area contributed by atoms with E-state index in [1.807, 2.05) is 37.3 Å². The van der Waals surface area contributed by atoms with Crippen LogP contribution in [0, 0.1) is 6.92 Å². The summed E-state index contributed by atoms with van der Waals surface area (Å²) in [7, 11) is 0. The maximum Gasteiger partial charge on any atom is 0.113 e. The molecule has 4 nitrogen and oxygen atoms in total. The molecule has 16 heavy (non-hydrogen) atoms. The number of nitrogens with zero attached hydrogens (tertiary/aromatic N) is 2. The van der Waals surface area contributed by atoms with E-state index in [0.717, 1.165) is 28.0 Å². The van der Waals surface area contributed by atoms with Crippen LogP contribution in [0.25, 0.3) is 16.8 Å². The number of anilines is 1. The van der Waals surface area contributed by atoms with E-state index >= 15 is 0 Å². The van der Waals surface area contributed by atoms with Gasteiger partial charge in [-0.1, -0.05) is 30.3 Å². The van der Waals surface area contributed by atoms with Crippen LogP contribution in [0.15, 0.2) is 36.5 Å². The second kappa shape index (κ2) is 3.13. The van der Waals surface area contributed by atoms with Crippen LogP contribution in [0.4, 0.5) is 5.69 Å². The summed E-state index contributed by atoms with van der Waals surface area (Å²) in [5, 5.41) is 7.39. The summed E-state index contributed by atoms with van der Waals surface area (Å²) in [6.07, 6.45) is 1.80. The molecule has 3 N–H and O–H groups in total. The molecule has 0 saturated carbocycles. The maximum atomic E-state index is 6.12. The number of nitrogen functional groups attached to an aromatic ring is 1. The number of hydrogen-bond acceptors (Lipinski definition) is 2. The molecule has 0 saturated heterocycles. The fourth-order valence-corrected chi connectivity index (χ4v) is 1.95. The van der Waals surface area contributed by atoms with E-state index in [2.05, 4.69) is 10.2 Å².